The van der Waals surface area contributed by atoms with Crippen LogP contribution in [0.15, 0.2) is 18.2 Å². The van der Waals surface area contributed by atoms with E-state index in [1.807, 2.05) is 0 Å². The summed E-state index contributed by atoms with van der Waals surface area (Å²) in [5.41, 5.74) is 5.15. The molecule has 108 valence electrons. The van der Waals surface area contributed by atoms with Crippen LogP contribution in [0.3, 0.4) is 0 Å². The highest BCUT2D eigenvalue weighted by Gasteiger charge is 2.35. The van der Waals surface area contributed by atoms with Crippen molar-refractivity contribution in [1.29, 1.82) is 0 Å². The molecule has 20 heavy (non-hydrogen) atoms. The van der Waals surface area contributed by atoms with Crippen LogP contribution in [-0.4, -0.2) is 27.6 Å². The summed E-state index contributed by atoms with van der Waals surface area (Å²) in [6.45, 7) is 0. The molecule has 6 heteroatoms. The topological polar surface area (TPSA) is 113 Å². The van der Waals surface area contributed by atoms with Crippen molar-refractivity contribution in [2.75, 3.05) is 5.32 Å². The van der Waals surface area contributed by atoms with Crippen molar-refractivity contribution < 1.29 is 19.8 Å². The van der Waals surface area contributed by atoms with Crippen LogP contribution < -0.4 is 11.1 Å². The second-order valence-electron chi connectivity index (χ2n) is 5.21. The molecule has 6 nitrogen and oxygen atoms in total. The van der Waals surface area contributed by atoms with Gasteiger partial charge in [-0.1, -0.05) is 19.3 Å². The van der Waals surface area contributed by atoms with Gasteiger partial charge in [-0.25, -0.2) is 4.79 Å². The molecule has 0 unspecified atom stereocenters. The van der Waals surface area contributed by atoms with E-state index in [2.05, 4.69) is 5.32 Å². The average molecular weight is 278 g/mol. The molecule has 0 radical (unpaired) electrons. The largest absolute Gasteiger partial charge is 0.508 e. The van der Waals surface area contributed by atoms with Crippen molar-refractivity contribution in [1.82, 2.24) is 0 Å². The van der Waals surface area contributed by atoms with Crippen molar-refractivity contribution >= 4 is 17.6 Å². The van der Waals surface area contributed by atoms with Gasteiger partial charge in [0.05, 0.1) is 16.8 Å². The van der Waals surface area contributed by atoms with Crippen molar-refractivity contribution in [2.24, 2.45) is 5.73 Å². The van der Waals surface area contributed by atoms with E-state index in [1.165, 1.54) is 12.1 Å². The van der Waals surface area contributed by atoms with Gasteiger partial charge in [0.15, 0.2) is 0 Å². The lowest BCUT2D eigenvalue weighted by Gasteiger charge is -2.31. The van der Waals surface area contributed by atoms with E-state index in [0.29, 0.717) is 12.8 Å². The van der Waals surface area contributed by atoms with Crippen LogP contribution in [0.2, 0.25) is 0 Å². The molecular weight excluding hydrogens is 260 g/mol. The fourth-order valence-electron chi connectivity index (χ4n) is 2.47. The lowest BCUT2D eigenvalue weighted by molar-refractivity contribution is -0.122. The van der Waals surface area contributed by atoms with E-state index in [0.717, 1.165) is 25.3 Å². The van der Waals surface area contributed by atoms with Gasteiger partial charge in [-0.3, -0.25) is 4.79 Å². The summed E-state index contributed by atoms with van der Waals surface area (Å²) < 4.78 is 0. The molecule has 1 aromatic rings. The van der Waals surface area contributed by atoms with Crippen molar-refractivity contribution in [3.63, 3.8) is 0 Å². The van der Waals surface area contributed by atoms with Gasteiger partial charge >= 0.3 is 5.97 Å². The van der Waals surface area contributed by atoms with Gasteiger partial charge in [0, 0.05) is 0 Å². The fraction of sp³-hybridized carbons (Fsp3) is 0.429. The lowest BCUT2D eigenvalue weighted by atomic mass is 9.82. The Morgan fingerprint density at radius 2 is 1.85 bits per heavy atom. The molecule has 1 aliphatic rings. The number of phenols is 1. The highest BCUT2D eigenvalue weighted by molar-refractivity contribution is 6.04. The number of carboxylic acid groups (broad SMARTS) is 1. The first-order chi connectivity index (χ1) is 9.42. The standard InChI is InChI=1S/C14H18N2O4/c15-14(6-2-1-3-7-14)13(20)16-11-5-4-9(17)8-10(11)12(18)19/h4-5,8,17H,1-3,6-7,15H2,(H,16,20)(H,18,19). The molecule has 1 fully saturated rings. The number of anilines is 1. The van der Waals surface area contributed by atoms with E-state index in [-0.39, 0.29) is 22.9 Å². The van der Waals surface area contributed by atoms with E-state index in [4.69, 9.17) is 10.8 Å². The molecule has 1 aromatic carbocycles. The highest BCUT2D eigenvalue weighted by Crippen LogP contribution is 2.28. The highest BCUT2D eigenvalue weighted by atomic mass is 16.4. The fourth-order valence-corrected chi connectivity index (χ4v) is 2.47. The zero-order valence-corrected chi connectivity index (χ0v) is 11.1. The number of carbonyl (C=O) groups excluding carboxylic acids is 1. The Morgan fingerprint density at radius 1 is 1.20 bits per heavy atom. The predicted molar refractivity (Wildman–Crippen MR) is 73.7 cm³/mol. The normalized spacial score (nSPS) is 17.4. The van der Waals surface area contributed by atoms with Crippen LogP contribution in [0.4, 0.5) is 5.69 Å². The van der Waals surface area contributed by atoms with Crippen LogP contribution in [0.5, 0.6) is 5.75 Å². The zero-order valence-electron chi connectivity index (χ0n) is 11.1. The summed E-state index contributed by atoms with van der Waals surface area (Å²) in [6, 6.07) is 3.79. The minimum Gasteiger partial charge on any atom is -0.508 e. The number of phenolic OH excluding ortho intramolecular Hbond substituents is 1. The Kier molecular flexibility index (Phi) is 3.94. The van der Waals surface area contributed by atoms with Crippen LogP contribution in [0.1, 0.15) is 42.5 Å². The number of hydrogen-bond acceptors (Lipinski definition) is 4. The average Bonchev–Trinajstić information content (AvgIpc) is 2.41. The number of carboxylic acids is 1. The maximum absolute atomic E-state index is 12.3. The molecule has 0 bridgehead atoms. The number of aromatic carboxylic acids is 1. The molecule has 1 saturated carbocycles. The van der Waals surface area contributed by atoms with Gasteiger partial charge in [-0.05, 0) is 31.0 Å². The first kappa shape index (κ1) is 14.3. The monoisotopic (exact) mass is 278 g/mol. The molecule has 0 heterocycles. The maximum atomic E-state index is 12.3. The summed E-state index contributed by atoms with van der Waals surface area (Å²) in [5, 5.41) is 21.0. The van der Waals surface area contributed by atoms with Gasteiger partial charge in [-0.15, -0.1) is 0 Å². The number of amides is 1. The Bertz CT molecular complexity index is 536. The number of hydrogen-bond donors (Lipinski definition) is 4. The number of nitrogens with two attached hydrogens (primary N) is 1. The van der Waals surface area contributed by atoms with Gasteiger partial charge in [0.25, 0.3) is 0 Å². The number of benzene rings is 1. The summed E-state index contributed by atoms with van der Waals surface area (Å²) >= 11 is 0. The summed E-state index contributed by atoms with van der Waals surface area (Å²) in [5.74, 6) is -1.75. The summed E-state index contributed by atoms with van der Waals surface area (Å²) in [7, 11) is 0. The third-order valence-electron chi connectivity index (χ3n) is 3.68. The number of rotatable bonds is 3. The van der Waals surface area contributed by atoms with E-state index in [1.54, 1.807) is 0 Å². The quantitative estimate of drug-likeness (QED) is 0.628. The maximum Gasteiger partial charge on any atom is 0.337 e. The molecule has 0 saturated heterocycles. The molecule has 5 N–H and O–H groups in total. The Labute approximate surface area is 116 Å². The molecule has 1 aliphatic carbocycles. The molecule has 0 aliphatic heterocycles. The molecule has 1 amide bonds. The Hall–Kier alpha value is -2.08. The number of aromatic hydroxyl groups is 1. The first-order valence-electron chi connectivity index (χ1n) is 6.59. The van der Waals surface area contributed by atoms with Crippen LogP contribution in [-0.2, 0) is 4.79 Å². The Balaban J connectivity index is 2.21. The predicted octanol–water partition coefficient (Wildman–Crippen LogP) is 1.69. The van der Waals surface area contributed by atoms with Crippen molar-refractivity contribution in [3.05, 3.63) is 23.8 Å². The molecule has 0 aromatic heterocycles. The lowest BCUT2D eigenvalue weighted by Crippen LogP contribution is -2.52. The molecule has 0 spiro atoms. The van der Waals surface area contributed by atoms with Gasteiger partial charge in [-0.2, -0.15) is 0 Å². The minimum absolute atomic E-state index is 0.149. The van der Waals surface area contributed by atoms with Gasteiger partial charge < -0.3 is 21.3 Å². The summed E-state index contributed by atoms with van der Waals surface area (Å²) in [4.78, 5) is 23.4. The van der Waals surface area contributed by atoms with Crippen LogP contribution in [0, 0.1) is 0 Å². The number of carbonyl (C=O) groups is 2. The van der Waals surface area contributed by atoms with E-state index >= 15 is 0 Å². The van der Waals surface area contributed by atoms with Crippen molar-refractivity contribution in [2.45, 2.75) is 37.6 Å². The van der Waals surface area contributed by atoms with Gasteiger partial charge in [0.2, 0.25) is 5.91 Å². The smallest absolute Gasteiger partial charge is 0.337 e. The van der Waals surface area contributed by atoms with Crippen LogP contribution >= 0.6 is 0 Å². The summed E-state index contributed by atoms with van der Waals surface area (Å²) in [6.07, 6.45) is 4.04. The second-order valence-corrected chi connectivity index (χ2v) is 5.21. The Morgan fingerprint density at radius 3 is 2.45 bits per heavy atom. The SMILES string of the molecule is NC1(C(=O)Nc2ccc(O)cc2C(=O)O)CCCCC1. The second kappa shape index (κ2) is 5.50. The molecule has 2 rings (SSSR count). The van der Waals surface area contributed by atoms with E-state index in [9.17, 15) is 14.7 Å². The zero-order chi connectivity index (χ0) is 14.8. The minimum atomic E-state index is -1.22. The van der Waals surface area contributed by atoms with Crippen molar-refractivity contribution in [3.8, 4) is 5.75 Å². The third kappa shape index (κ3) is 2.91. The van der Waals surface area contributed by atoms with Crippen LogP contribution in [0.25, 0.3) is 0 Å². The van der Waals surface area contributed by atoms with E-state index < -0.39 is 11.5 Å². The van der Waals surface area contributed by atoms with Gasteiger partial charge in [0.1, 0.15) is 5.75 Å². The molecule has 0 atom stereocenters. The first-order valence-corrected chi connectivity index (χ1v) is 6.59. The number of nitrogens with one attached hydrogen (secondary N) is 1. The molecular formula is C14H18N2O4. The third-order valence-corrected chi connectivity index (χ3v) is 3.68.